The van der Waals surface area contributed by atoms with Gasteiger partial charge in [-0.2, -0.15) is 0 Å². The maximum Gasteiger partial charge on any atom is 0.191 e. The number of rotatable bonds is 8. The second kappa shape index (κ2) is 12.3. The topological polar surface area (TPSA) is 58.1 Å². The molecule has 1 atom stereocenters. The highest BCUT2D eigenvalue weighted by Gasteiger charge is 2.22. The number of piperidine rings is 1. The number of aliphatic imine (C=N–C) groups is 1. The third kappa shape index (κ3) is 7.36. The Labute approximate surface area is 180 Å². The average molecular weight is 423 g/mol. The number of benzene rings is 1. The van der Waals surface area contributed by atoms with Crippen LogP contribution in [0.25, 0.3) is 0 Å². The lowest BCUT2D eigenvalue weighted by Crippen LogP contribution is -2.51. The number of nitrogens with zero attached hydrogens (tertiary/aromatic N) is 2. The van der Waals surface area contributed by atoms with Crippen LogP contribution in [0, 0.1) is 0 Å². The number of hydrogen-bond donors (Lipinski definition) is 2. The fourth-order valence-electron chi connectivity index (χ4n) is 3.88. The normalized spacial score (nSPS) is 21.2. The summed E-state index contributed by atoms with van der Waals surface area (Å²) < 4.78 is 11.3. The lowest BCUT2D eigenvalue weighted by molar-refractivity contribution is -0.0318. The largest absolute Gasteiger partial charge is 0.381 e. The zero-order valence-corrected chi connectivity index (χ0v) is 18.3. The first kappa shape index (κ1) is 22.2. The molecular formula is C22H35ClN4O2. The Kier molecular flexibility index (Phi) is 9.38. The highest BCUT2D eigenvalue weighted by atomic mass is 35.5. The summed E-state index contributed by atoms with van der Waals surface area (Å²) in [6.45, 7) is 8.10. The van der Waals surface area contributed by atoms with E-state index in [1.54, 1.807) is 0 Å². The molecule has 2 N–H and O–H groups in total. The summed E-state index contributed by atoms with van der Waals surface area (Å²) in [6.07, 6.45) is 5.59. The van der Waals surface area contributed by atoms with Crippen molar-refractivity contribution in [3.05, 3.63) is 29.3 Å². The first-order valence-corrected chi connectivity index (χ1v) is 11.4. The molecule has 1 unspecified atom stereocenters. The summed E-state index contributed by atoms with van der Waals surface area (Å²) in [5.74, 6) is 0.893. The van der Waals surface area contributed by atoms with Crippen molar-refractivity contribution in [3.8, 4) is 0 Å². The van der Waals surface area contributed by atoms with Gasteiger partial charge in [-0.25, -0.2) is 0 Å². The highest BCUT2D eigenvalue weighted by Crippen LogP contribution is 2.27. The summed E-state index contributed by atoms with van der Waals surface area (Å²) >= 11 is 6.40. The van der Waals surface area contributed by atoms with Gasteiger partial charge in [-0.3, -0.25) is 4.99 Å². The summed E-state index contributed by atoms with van der Waals surface area (Å²) in [7, 11) is 0. The Morgan fingerprint density at radius 3 is 2.90 bits per heavy atom. The molecule has 3 rings (SSSR count). The van der Waals surface area contributed by atoms with Gasteiger partial charge in [0, 0.05) is 52.0 Å². The molecule has 0 saturated carbocycles. The van der Waals surface area contributed by atoms with Gasteiger partial charge in [-0.05, 0) is 51.2 Å². The Hall–Kier alpha value is -1.50. The summed E-state index contributed by atoms with van der Waals surface area (Å²) in [4.78, 5) is 7.12. The van der Waals surface area contributed by atoms with Crippen LogP contribution in [0.15, 0.2) is 29.3 Å². The van der Waals surface area contributed by atoms with Crippen molar-refractivity contribution >= 4 is 23.2 Å². The molecule has 2 heterocycles. The SMILES string of the molecule is CCNC(=NCCCOC1CCOCC1)NC1CCCN(c2ccccc2Cl)C1. The van der Waals surface area contributed by atoms with Crippen LogP contribution < -0.4 is 15.5 Å². The summed E-state index contributed by atoms with van der Waals surface area (Å²) in [5, 5.41) is 7.80. The van der Waals surface area contributed by atoms with E-state index in [1.165, 1.54) is 0 Å². The molecule has 6 nitrogen and oxygen atoms in total. The van der Waals surface area contributed by atoms with Crippen molar-refractivity contribution < 1.29 is 9.47 Å². The molecule has 1 aromatic rings. The minimum atomic E-state index is 0.358. The number of guanidine groups is 1. The fourth-order valence-corrected chi connectivity index (χ4v) is 4.14. The number of nitrogens with one attached hydrogen (secondary N) is 2. The minimum absolute atomic E-state index is 0.358. The van der Waals surface area contributed by atoms with E-state index in [-0.39, 0.29) is 0 Å². The van der Waals surface area contributed by atoms with Crippen molar-refractivity contribution in [3.63, 3.8) is 0 Å². The number of halogens is 1. The van der Waals surface area contributed by atoms with Crippen LogP contribution in [0.1, 0.15) is 39.0 Å². The number of ether oxygens (including phenoxy) is 2. The standard InChI is InChI=1S/C22H35ClN4O2/c1-2-24-22(25-12-6-14-29-19-10-15-28-16-11-19)26-18-7-5-13-27(17-18)21-9-4-3-8-20(21)23/h3-4,8-9,18-19H,2,5-7,10-17H2,1H3,(H2,24,25,26). The molecule has 0 aliphatic carbocycles. The van der Waals surface area contributed by atoms with E-state index in [0.717, 1.165) is 94.8 Å². The molecule has 7 heteroatoms. The van der Waals surface area contributed by atoms with Gasteiger partial charge >= 0.3 is 0 Å². The summed E-state index contributed by atoms with van der Waals surface area (Å²) in [6, 6.07) is 8.44. The van der Waals surface area contributed by atoms with E-state index >= 15 is 0 Å². The van der Waals surface area contributed by atoms with Crippen LogP contribution in [0.3, 0.4) is 0 Å². The van der Waals surface area contributed by atoms with Crippen LogP contribution in [0.5, 0.6) is 0 Å². The predicted molar refractivity (Wildman–Crippen MR) is 120 cm³/mol. The van der Waals surface area contributed by atoms with Crippen LogP contribution in [-0.2, 0) is 9.47 Å². The van der Waals surface area contributed by atoms with Gasteiger partial charge in [0.25, 0.3) is 0 Å². The molecule has 0 spiro atoms. The molecule has 2 fully saturated rings. The molecule has 0 radical (unpaired) electrons. The Morgan fingerprint density at radius 2 is 2.10 bits per heavy atom. The monoisotopic (exact) mass is 422 g/mol. The molecule has 2 saturated heterocycles. The molecule has 0 bridgehead atoms. The van der Waals surface area contributed by atoms with Crippen LogP contribution in [-0.4, -0.2) is 64.1 Å². The maximum absolute atomic E-state index is 6.40. The lowest BCUT2D eigenvalue weighted by Gasteiger charge is -2.35. The number of para-hydroxylation sites is 1. The average Bonchev–Trinajstić information content (AvgIpc) is 2.75. The van der Waals surface area contributed by atoms with Crippen molar-refractivity contribution in [1.29, 1.82) is 0 Å². The van der Waals surface area contributed by atoms with Gasteiger partial charge in [0.15, 0.2) is 5.96 Å². The third-order valence-corrected chi connectivity index (χ3v) is 5.71. The second-order valence-corrected chi connectivity index (χ2v) is 8.08. The van der Waals surface area contributed by atoms with E-state index < -0.39 is 0 Å². The van der Waals surface area contributed by atoms with E-state index in [9.17, 15) is 0 Å². The molecule has 1 aromatic carbocycles. The van der Waals surface area contributed by atoms with Gasteiger partial charge in [-0.15, -0.1) is 0 Å². The van der Waals surface area contributed by atoms with E-state index in [0.29, 0.717) is 12.1 Å². The van der Waals surface area contributed by atoms with Crippen LogP contribution >= 0.6 is 11.6 Å². The third-order valence-electron chi connectivity index (χ3n) is 5.39. The molecule has 0 aromatic heterocycles. The first-order valence-electron chi connectivity index (χ1n) is 11.0. The zero-order valence-electron chi connectivity index (χ0n) is 17.5. The smallest absolute Gasteiger partial charge is 0.191 e. The van der Waals surface area contributed by atoms with E-state index in [4.69, 9.17) is 26.1 Å². The summed E-state index contributed by atoms with van der Waals surface area (Å²) in [5.41, 5.74) is 1.12. The number of anilines is 1. The number of hydrogen-bond acceptors (Lipinski definition) is 4. The second-order valence-electron chi connectivity index (χ2n) is 7.68. The predicted octanol–water partition coefficient (Wildman–Crippen LogP) is 3.45. The van der Waals surface area contributed by atoms with Gasteiger partial charge in [-0.1, -0.05) is 23.7 Å². The Bertz CT molecular complexity index is 637. The van der Waals surface area contributed by atoms with Crippen LogP contribution in [0.4, 0.5) is 5.69 Å². The van der Waals surface area contributed by atoms with Gasteiger partial charge in [0.2, 0.25) is 0 Å². The molecule has 0 amide bonds. The van der Waals surface area contributed by atoms with Gasteiger partial charge < -0.3 is 25.0 Å². The Balaban J connectivity index is 1.44. The molecule has 2 aliphatic heterocycles. The van der Waals surface area contributed by atoms with Crippen LogP contribution in [0.2, 0.25) is 5.02 Å². The highest BCUT2D eigenvalue weighted by molar-refractivity contribution is 6.33. The lowest BCUT2D eigenvalue weighted by atomic mass is 10.0. The quantitative estimate of drug-likeness (QED) is 0.381. The van der Waals surface area contributed by atoms with Gasteiger partial charge in [0.1, 0.15) is 0 Å². The molecule has 29 heavy (non-hydrogen) atoms. The maximum atomic E-state index is 6.40. The van der Waals surface area contributed by atoms with Crippen molar-refractivity contribution in [2.75, 3.05) is 50.9 Å². The molecule has 162 valence electrons. The minimum Gasteiger partial charge on any atom is -0.381 e. The molecule has 2 aliphatic rings. The van der Waals surface area contributed by atoms with E-state index in [2.05, 4.69) is 28.5 Å². The Morgan fingerprint density at radius 1 is 1.28 bits per heavy atom. The van der Waals surface area contributed by atoms with Crippen molar-refractivity contribution in [2.24, 2.45) is 4.99 Å². The van der Waals surface area contributed by atoms with E-state index in [1.807, 2.05) is 18.2 Å². The van der Waals surface area contributed by atoms with Crippen molar-refractivity contribution in [2.45, 2.75) is 51.2 Å². The van der Waals surface area contributed by atoms with Crippen molar-refractivity contribution in [1.82, 2.24) is 10.6 Å². The zero-order chi connectivity index (χ0) is 20.3. The molecular weight excluding hydrogens is 388 g/mol. The van der Waals surface area contributed by atoms with Gasteiger partial charge in [0.05, 0.1) is 16.8 Å². The first-order chi connectivity index (χ1) is 14.3. The fraction of sp³-hybridized carbons (Fsp3) is 0.682.